The summed E-state index contributed by atoms with van der Waals surface area (Å²) in [5.74, 6) is 0.627. The van der Waals surface area contributed by atoms with Crippen LogP contribution in [0.15, 0.2) is 47.5 Å². The number of aromatic nitrogens is 3. The molecule has 1 fully saturated rings. The Labute approximate surface area is 145 Å². The Morgan fingerprint density at radius 1 is 1.08 bits per heavy atom. The van der Waals surface area contributed by atoms with Gasteiger partial charge in [-0.25, -0.2) is 4.98 Å². The summed E-state index contributed by atoms with van der Waals surface area (Å²) in [7, 11) is -3.82. The summed E-state index contributed by atoms with van der Waals surface area (Å²) >= 11 is 0. The van der Waals surface area contributed by atoms with Crippen LogP contribution in [0.1, 0.15) is 5.56 Å². The number of fused-ring (bicyclic) bond motifs is 1. The zero-order chi connectivity index (χ0) is 17.4. The molecule has 0 N–H and O–H groups in total. The number of hydrogen-bond acceptors (Lipinski definition) is 6. The van der Waals surface area contributed by atoms with Gasteiger partial charge in [-0.15, -0.1) is 9.19 Å². The lowest BCUT2D eigenvalue weighted by Gasteiger charge is -2.26. The summed E-state index contributed by atoms with van der Waals surface area (Å²) in [6, 6.07) is 10.4. The highest BCUT2D eigenvalue weighted by Gasteiger charge is 2.26. The summed E-state index contributed by atoms with van der Waals surface area (Å²) in [6.07, 6.45) is 1.58. The van der Waals surface area contributed by atoms with Crippen molar-refractivity contribution in [3.05, 3.63) is 48.2 Å². The van der Waals surface area contributed by atoms with Crippen molar-refractivity contribution in [2.24, 2.45) is 0 Å². The Morgan fingerprint density at radius 3 is 2.52 bits per heavy atom. The molecule has 0 bridgehead atoms. The number of rotatable bonds is 3. The van der Waals surface area contributed by atoms with Gasteiger partial charge < -0.3 is 9.64 Å². The third-order valence-corrected chi connectivity index (χ3v) is 5.83. The Balaban J connectivity index is 1.88. The average Bonchev–Trinajstić information content (AvgIpc) is 3.03. The van der Waals surface area contributed by atoms with Crippen LogP contribution in [0.2, 0.25) is 0 Å². The molecule has 1 aliphatic heterocycles. The van der Waals surface area contributed by atoms with Crippen LogP contribution in [0.25, 0.3) is 11.0 Å². The van der Waals surface area contributed by atoms with Gasteiger partial charge in [-0.2, -0.15) is 8.42 Å². The maximum Gasteiger partial charge on any atom is 0.285 e. The highest BCUT2D eigenvalue weighted by molar-refractivity contribution is 7.90. The van der Waals surface area contributed by atoms with Gasteiger partial charge in [0.2, 0.25) is 0 Å². The summed E-state index contributed by atoms with van der Waals surface area (Å²) in [4.78, 5) is 6.50. The molecule has 1 aromatic carbocycles. The zero-order valence-electron chi connectivity index (χ0n) is 13.8. The van der Waals surface area contributed by atoms with Crippen molar-refractivity contribution < 1.29 is 13.2 Å². The monoisotopic (exact) mass is 358 g/mol. The van der Waals surface area contributed by atoms with E-state index in [1.807, 2.05) is 17.9 Å². The summed E-state index contributed by atoms with van der Waals surface area (Å²) in [6.45, 7) is 4.45. The van der Waals surface area contributed by atoms with Gasteiger partial charge in [0.15, 0.2) is 11.5 Å². The molecule has 3 aromatic rings. The molecule has 0 saturated carbocycles. The number of pyridine rings is 1. The molecule has 0 atom stereocenters. The van der Waals surface area contributed by atoms with Crippen LogP contribution < -0.4 is 4.90 Å². The molecule has 0 amide bonds. The Bertz CT molecular complexity index is 1010. The van der Waals surface area contributed by atoms with E-state index < -0.39 is 10.0 Å². The van der Waals surface area contributed by atoms with Crippen LogP contribution in [0, 0.1) is 6.92 Å². The standard InChI is InChI=1S/C17H18N4O3S/c1-13-4-6-14(7-5-13)25(22,23)21-16-15(3-2-8-18-16)17(19-21)20-9-11-24-12-10-20/h2-8H,9-12H2,1H3. The van der Waals surface area contributed by atoms with E-state index in [1.165, 1.54) is 0 Å². The Hall–Kier alpha value is -2.45. The molecule has 25 heavy (non-hydrogen) atoms. The van der Waals surface area contributed by atoms with E-state index >= 15 is 0 Å². The largest absolute Gasteiger partial charge is 0.378 e. The van der Waals surface area contributed by atoms with Gasteiger partial charge in [0.25, 0.3) is 10.0 Å². The molecule has 0 aliphatic carbocycles. The first-order chi connectivity index (χ1) is 12.1. The summed E-state index contributed by atoms with van der Waals surface area (Å²) in [5.41, 5.74) is 1.33. The number of benzene rings is 1. The van der Waals surface area contributed by atoms with Crippen molar-refractivity contribution in [3.8, 4) is 0 Å². The fourth-order valence-electron chi connectivity index (χ4n) is 2.90. The number of aryl methyl sites for hydroxylation is 1. The molecule has 3 heterocycles. The normalized spacial score (nSPS) is 15.6. The van der Waals surface area contributed by atoms with Crippen molar-refractivity contribution >= 4 is 26.9 Å². The van der Waals surface area contributed by atoms with Crippen LogP contribution >= 0.6 is 0 Å². The predicted molar refractivity (Wildman–Crippen MR) is 94.3 cm³/mol. The van der Waals surface area contributed by atoms with Crippen LogP contribution in [0.3, 0.4) is 0 Å². The first kappa shape index (κ1) is 16.0. The molecule has 8 heteroatoms. The van der Waals surface area contributed by atoms with Gasteiger partial charge in [-0.3, -0.25) is 0 Å². The zero-order valence-corrected chi connectivity index (χ0v) is 14.6. The van der Waals surface area contributed by atoms with Gasteiger partial charge in [0.1, 0.15) is 0 Å². The van der Waals surface area contributed by atoms with Gasteiger partial charge in [0.05, 0.1) is 23.5 Å². The van der Waals surface area contributed by atoms with Crippen molar-refractivity contribution in [2.75, 3.05) is 31.2 Å². The first-order valence-corrected chi connectivity index (χ1v) is 9.50. The van der Waals surface area contributed by atoms with E-state index in [9.17, 15) is 8.42 Å². The number of nitrogens with zero attached hydrogens (tertiary/aromatic N) is 4. The van der Waals surface area contributed by atoms with E-state index in [0.717, 1.165) is 15.0 Å². The number of morpholine rings is 1. The minimum Gasteiger partial charge on any atom is -0.378 e. The van der Waals surface area contributed by atoms with Gasteiger partial charge >= 0.3 is 0 Å². The first-order valence-electron chi connectivity index (χ1n) is 8.06. The van der Waals surface area contributed by atoms with Crippen molar-refractivity contribution in [2.45, 2.75) is 11.8 Å². The lowest BCUT2D eigenvalue weighted by molar-refractivity contribution is 0.122. The molecule has 7 nitrogen and oxygen atoms in total. The van der Waals surface area contributed by atoms with E-state index in [1.54, 1.807) is 36.5 Å². The molecular formula is C17H18N4O3S. The minimum absolute atomic E-state index is 0.196. The highest BCUT2D eigenvalue weighted by Crippen LogP contribution is 2.28. The maximum absolute atomic E-state index is 13.1. The second-order valence-corrected chi connectivity index (χ2v) is 7.73. The topological polar surface area (TPSA) is 77.3 Å². The third kappa shape index (κ3) is 2.77. The molecule has 1 aliphatic rings. The van der Waals surface area contributed by atoms with Crippen molar-refractivity contribution in [1.82, 2.24) is 14.2 Å². The fourth-order valence-corrected chi connectivity index (χ4v) is 4.14. The SMILES string of the molecule is Cc1ccc(S(=O)(=O)n2nc(N3CCOCC3)c3cccnc32)cc1. The number of anilines is 1. The number of hydrogen-bond donors (Lipinski definition) is 0. The highest BCUT2D eigenvalue weighted by atomic mass is 32.2. The molecule has 2 aromatic heterocycles. The third-order valence-electron chi connectivity index (χ3n) is 4.25. The van der Waals surface area contributed by atoms with Crippen LogP contribution in [0.4, 0.5) is 5.82 Å². The smallest absolute Gasteiger partial charge is 0.285 e. The fraction of sp³-hybridized carbons (Fsp3) is 0.294. The maximum atomic E-state index is 13.1. The Morgan fingerprint density at radius 2 is 1.80 bits per heavy atom. The van der Waals surface area contributed by atoms with Crippen molar-refractivity contribution in [1.29, 1.82) is 0 Å². The molecule has 1 saturated heterocycles. The van der Waals surface area contributed by atoms with Crippen LogP contribution in [-0.4, -0.2) is 48.9 Å². The molecule has 130 valence electrons. The van der Waals surface area contributed by atoms with Crippen LogP contribution in [-0.2, 0) is 14.8 Å². The summed E-state index contributed by atoms with van der Waals surface area (Å²) < 4.78 is 32.6. The molecular weight excluding hydrogens is 340 g/mol. The molecule has 0 spiro atoms. The van der Waals surface area contributed by atoms with Gasteiger partial charge in [-0.1, -0.05) is 17.7 Å². The van der Waals surface area contributed by atoms with Crippen molar-refractivity contribution in [3.63, 3.8) is 0 Å². The minimum atomic E-state index is -3.82. The summed E-state index contributed by atoms with van der Waals surface area (Å²) in [5, 5.41) is 5.14. The number of ether oxygens (including phenoxy) is 1. The second-order valence-electron chi connectivity index (χ2n) is 5.96. The van der Waals surface area contributed by atoms with Crippen LogP contribution in [0.5, 0.6) is 0 Å². The van der Waals surface area contributed by atoms with E-state index in [-0.39, 0.29) is 4.90 Å². The molecule has 4 rings (SSSR count). The lowest BCUT2D eigenvalue weighted by atomic mass is 10.2. The average molecular weight is 358 g/mol. The lowest BCUT2D eigenvalue weighted by Crippen LogP contribution is -2.36. The second kappa shape index (κ2) is 6.12. The predicted octanol–water partition coefficient (Wildman–Crippen LogP) is 1.81. The molecule has 0 radical (unpaired) electrons. The van der Waals surface area contributed by atoms with E-state index in [2.05, 4.69) is 10.1 Å². The van der Waals surface area contributed by atoms with Gasteiger partial charge in [0, 0.05) is 19.3 Å². The van der Waals surface area contributed by atoms with E-state index in [0.29, 0.717) is 37.8 Å². The Kier molecular flexibility index (Phi) is 3.93. The van der Waals surface area contributed by atoms with Gasteiger partial charge in [-0.05, 0) is 31.2 Å². The quantitative estimate of drug-likeness (QED) is 0.711. The molecule has 0 unspecified atom stereocenters. The van der Waals surface area contributed by atoms with E-state index in [4.69, 9.17) is 4.74 Å².